The van der Waals surface area contributed by atoms with E-state index in [0.717, 1.165) is 64.2 Å². The molecule has 4 N–H and O–H groups in total. The lowest BCUT2D eigenvalue weighted by Crippen LogP contribution is -2.44. The molecule has 0 aromatic heterocycles. The number of primary amides is 1. The molecule has 0 aliphatic heterocycles. The fourth-order valence-electron chi connectivity index (χ4n) is 8.29. The number of phosphoric acid groups is 1. The number of methoxy groups -OCH3 is 1. The van der Waals surface area contributed by atoms with Gasteiger partial charge in [0.1, 0.15) is 17.1 Å². The fraction of sp³-hybridized carbons (Fsp3) is 0.622. The number of ether oxygens (including phenoxy) is 2. The Morgan fingerprint density at radius 2 is 1.76 bits per heavy atom. The van der Waals surface area contributed by atoms with Gasteiger partial charge in [0.15, 0.2) is 5.75 Å². The standard InChI is InChI=1S/C37H53N2O9P/c1-5-7-20-46-49(43,47-21-8-6-2)48-25-10-12-26-24(23-25)9-11-28-27(26)17-19-37(3)29(28)13-16-32(37)45-22-18-33(40)39-30-14-15-31(44-4)34(35(30)41)36(38)42/h10,12,14-15,23,27-29,32,41H,5-9,11,13,16-22H2,1-4H3,(H2,38,42)(H,39,40)/t27-,28-,29+,32+,37+/m1/s1. The third-order valence-corrected chi connectivity index (χ3v) is 12.3. The van der Waals surface area contributed by atoms with E-state index in [9.17, 15) is 19.3 Å². The Bertz CT molecular complexity index is 1520. The van der Waals surface area contributed by atoms with Gasteiger partial charge in [-0.25, -0.2) is 4.57 Å². The Kier molecular flexibility index (Phi) is 12.3. The SMILES string of the molecule is CCCCOP(=O)(OCCCC)Oc1ccc2c(c1)CC[C@@H]1[C@@H]2CC[C@]2(C)[C@@H](OCCC(=O)Nc3ccc(OC)c(C(N)=O)c3O)CC[C@@H]12. The summed E-state index contributed by atoms with van der Waals surface area (Å²) in [4.78, 5) is 24.6. The van der Waals surface area contributed by atoms with Crippen molar-refractivity contribution in [3.05, 3.63) is 47.0 Å². The van der Waals surface area contributed by atoms with Gasteiger partial charge in [-0.2, -0.15) is 0 Å². The first-order valence-electron chi connectivity index (χ1n) is 17.9. The second-order valence-electron chi connectivity index (χ2n) is 13.9. The summed E-state index contributed by atoms with van der Waals surface area (Å²) in [6.45, 7) is 7.39. The zero-order chi connectivity index (χ0) is 35.2. The molecule has 0 bridgehead atoms. The van der Waals surface area contributed by atoms with Gasteiger partial charge >= 0.3 is 7.82 Å². The molecular formula is C37H53N2O9P. The van der Waals surface area contributed by atoms with Crippen LogP contribution in [0.4, 0.5) is 5.69 Å². The van der Waals surface area contributed by atoms with Gasteiger partial charge in [-0.1, -0.05) is 39.7 Å². The minimum Gasteiger partial charge on any atom is -0.505 e. The highest BCUT2D eigenvalue weighted by Gasteiger charge is 2.55. The van der Waals surface area contributed by atoms with Crippen LogP contribution in [0.15, 0.2) is 30.3 Å². The number of aryl methyl sites for hydroxylation is 1. The number of fused-ring (bicyclic) bond motifs is 5. The third-order valence-electron chi connectivity index (χ3n) is 10.9. The lowest BCUT2D eigenvalue weighted by atomic mass is 9.55. The van der Waals surface area contributed by atoms with Gasteiger partial charge < -0.3 is 30.2 Å². The quantitative estimate of drug-likeness (QED) is 0.0849. The van der Waals surface area contributed by atoms with Crippen molar-refractivity contribution >= 4 is 25.3 Å². The fourth-order valence-corrected chi connectivity index (χ4v) is 9.55. The van der Waals surface area contributed by atoms with Crippen LogP contribution < -0.4 is 20.3 Å². The number of aromatic hydroxyl groups is 1. The van der Waals surface area contributed by atoms with E-state index in [-0.39, 0.29) is 47.5 Å². The molecule has 0 unspecified atom stereocenters. The van der Waals surface area contributed by atoms with E-state index < -0.39 is 19.5 Å². The molecule has 2 amide bonds. The van der Waals surface area contributed by atoms with E-state index in [1.54, 1.807) is 0 Å². The van der Waals surface area contributed by atoms with Crippen molar-refractivity contribution in [2.24, 2.45) is 23.0 Å². The summed E-state index contributed by atoms with van der Waals surface area (Å²) in [6, 6.07) is 9.05. The first-order chi connectivity index (χ1) is 23.5. The Hall–Kier alpha value is -3.11. The topological polar surface area (TPSA) is 156 Å². The second-order valence-corrected chi connectivity index (χ2v) is 15.5. The molecule has 11 nitrogen and oxygen atoms in total. The van der Waals surface area contributed by atoms with E-state index in [1.165, 1.54) is 30.4 Å². The van der Waals surface area contributed by atoms with Crippen LogP contribution in [0.1, 0.15) is 112 Å². The molecule has 0 heterocycles. The highest BCUT2D eigenvalue weighted by atomic mass is 31.2. The zero-order valence-corrected chi connectivity index (χ0v) is 30.2. The van der Waals surface area contributed by atoms with Gasteiger partial charge in [0.05, 0.1) is 45.1 Å². The molecule has 5 atom stereocenters. The summed E-state index contributed by atoms with van der Waals surface area (Å²) in [6.07, 6.45) is 9.76. The van der Waals surface area contributed by atoms with Crippen molar-refractivity contribution in [2.45, 2.75) is 103 Å². The van der Waals surface area contributed by atoms with Crippen molar-refractivity contribution in [1.82, 2.24) is 0 Å². The number of anilines is 1. The third kappa shape index (κ3) is 8.28. The summed E-state index contributed by atoms with van der Waals surface area (Å²) in [7, 11) is -2.34. The number of carbonyl (C=O) groups is 2. The molecule has 49 heavy (non-hydrogen) atoms. The first kappa shape index (κ1) is 37.2. The average Bonchev–Trinajstić information content (AvgIpc) is 3.41. The number of hydrogen-bond donors (Lipinski definition) is 3. The molecule has 3 aliphatic rings. The lowest BCUT2D eigenvalue weighted by molar-refractivity contribution is -0.119. The normalized spacial score (nSPS) is 24.4. The first-order valence-corrected chi connectivity index (χ1v) is 19.3. The van der Waals surface area contributed by atoms with Gasteiger partial charge in [-0.05, 0) is 110 Å². The average molecular weight is 701 g/mol. The Labute approximate surface area is 290 Å². The van der Waals surface area contributed by atoms with E-state index in [1.807, 2.05) is 12.1 Å². The van der Waals surface area contributed by atoms with E-state index >= 15 is 0 Å². The molecule has 0 radical (unpaired) electrons. The summed E-state index contributed by atoms with van der Waals surface area (Å²) < 4.78 is 42.2. The number of rotatable bonds is 17. The smallest absolute Gasteiger partial charge is 0.505 e. The van der Waals surface area contributed by atoms with Crippen molar-refractivity contribution in [2.75, 3.05) is 32.2 Å². The minimum atomic E-state index is -3.71. The highest BCUT2D eigenvalue weighted by molar-refractivity contribution is 7.48. The molecule has 2 saturated carbocycles. The summed E-state index contributed by atoms with van der Waals surface area (Å²) in [5.74, 6) is 0.589. The van der Waals surface area contributed by atoms with Crippen LogP contribution in [0.5, 0.6) is 17.2 Å². The molecule has 0 saturated heterocycles. The maximum Gasteiger partial charge on any atom is 0.530 e. The van der Waals surface area contributed by atoms with Crippen LogP contribution >= 0.6 is 7.82 Å². The lowest BCUT2D eigenvalue weighted by Gasteiger charge is -2.50. The second kappa shape index (κ2) is 16.3. The summed E-state index contributed by atoms with van der Waals surface area (Å²) in [5, 5.41) is 13.2. The molecule has 270 valence electrons. The number of phosphoric ester groups is 1. The highest BCUT2D eigenvalue weighted by Crippen LogP contribution is 2.62. The van der Waals surface area contributed by atoms with E-state index in [0.29, 0.717) is 36.7 Å². The van der Waals surface area contributed by atoms with Crippen LogP contribution in [-0.4, -0.2) is 50.0 Å². The van der Waals surface area contributed by atoms with Crippen molar-refractivity contribution < 1.29 is 42.3 Å². The van der Waals surface area contributed by atoms with Crippen molar-refractivity contribution in [3.63, 3.8) is 0 Å². The van der Waals surface area contributed by atoms with Gasteiger partial charge in [0.2, 0.25) is 5.91 Å². The minimum absolute atomic E-state index is 0.0289. The molecule has 5 rings (SSSR count). The zero-order valence-electron chi connectivity index (χ0n) is 29.3. The number of nitrogens with one attached hydrogen (secondary N) is 1. The van der Waals surface area contributed by atoms with Crippen LogP contribution in [0.3, 0.4) is 0 Å². The number of benzene rings is 2. The number of unbranched alkanes of at least 4 members (excludes halogenated alkanes) is 2. The van der Waals surface area contributed by atoms with Gasteiger partial charge in [0.25, 0.3) is 5.91 Å². The van der Waals surface area contributed by atoms with Crippen LogP contribution in [0.25, 0.3) is 0 Å². The maximum atomic E-state index is 13.5. The molecule has 2 fully saturated rings. The summed E-state index contributed by atoms with van der Waals surface area (Å²) >= 11 is 0. The van der Waals surface area contributed by atoms with Gasteiger partial charge in [0, 0.05) is 0 Å². The number of carbonyl (C=O) groups excluding carboxylic acids is 2. The van der Waals surface area contributed by atoms with E-state index in [2.05, 4.69) is 32.2 Å². The van der Waals surface area contributed by atoms with Crippen molar-refractivity contribution in [1.29, 1.82) is 0 Å². The van der Waals surface area contributed by atoms with Gasteiger partial charge in [-0.15, -0.1) is 0 Å². The van der Waals surface area contributed by atoms with Crippen LogP contribution in [-0.2, 0) is 29.6 Å². The maximum absolute atomic E-state index is 13.5. The molecule has 2 aromatic carbocycles. The number of nitrogens with two attached hydrogens (primary N) is 1. The predicted octanol–water partition coefficient (Wildman–Crippen LogP) is 7.89. The monoisotopic (exact) mass is 700 g/mol. The largest absolute Gasteiger partial charge is 0.530 e. The summed E-state index contributed by atoms with van der Waals surface area (Å²) in [5.41, 5.74) is 7.95. The number of phenols is 1. The molecule has 2 aromatic rings. The molecule has 12 heteroatoms. The predicted molar refractivity (Wildman–Crippen MR) is 187 cm³/mol. The van der Waals surface area contributed by atoms with Gasteiger partial charge in [-0.3, -0.25) is 18.6 Å². The molecule has 3 aliphatic carbocycles. The molecular weight excluding hydrogens is 647 g/mol. The molecule has 0 spiro atoms. The number of amides is 2. The Balaban J connectivity index is 1.18. The Morgan fingerprint density at radius 1 is 1.02 bits per heavy atom. The van der Waals surface area contributed by atoms with Crippen LogP contribution in [0.2, 0.25) is 0 Å². The van der Waals surface area contributed by atoms with Crippen LogP contribution in [0, 0.1) is 17.3 Å². The van der Waals surface area contributed by atoms with E-state index in [4.69, 9.17) is 28.8 Å². The Morgan fingerprint density at radius 3 is 2.43 bits per heavy atom. The van der Waals surface area contributed by atoms with Crippen molar-refractivity contribution in [3.8, 4) is 17.2 Å². The number of hydrogen-bond acceptors (Lipinski definition) is 9.